The van der Waals surface area contributed by atoms with Crippen LogP contribution in [0.4, 0.5) is 0 Å². The fraction of sp³-hybridized carbons (Fsp3) is 0.562. The highest BCUT2D eigenvalue weighted by molar-refractivity contribution is 5.82. The first-order chi connectivity index (χ1) is 10.6. The monoisotopic (exact) mass is 307 g/mol. The topological polar surface area (TPSA) is 78.7 Å². The van der Waals surface area contributed by atoms with Crippen LogP contribution in [0.1, 0.15) is 31.2 Å². The van der Waals surface area contributed by atoms with Crippen LogP contribution in [0.2, 0.25) is 0 Å². The van der Waals surface area contributed by atoms with Crippen molar-refractivity contribution in [1.82, 2.24) is 0 Å². The van der Waals surface area contributed by atoms with Crippen LogP contribution in [0.3, 0.4) is 0 Å². The van der Waals surface area contributed by atoms with Crippen LogP contribution in [-0.2, 0) is 11.2 Å². The van der Waals surface area contributed by atoms with Gasteiger partial charge in [0.25, 0.3) is 0 Å². The summed E-state index contributed by atoms with van der Waals surface area (Å²) in [4.78, 5) is 23.1. The molecule has 1 aromatic rings. The minimum absolute atomic E-state index is 0.0217. The first-order valence-electron chi connectivity index (χ1n) is 7.44. The van der Waals surface area contributed by atoms with Gasteiger partial charge in [-0.15, -0.1) is 0 Å². The molecule has 22 heavy (non-hydrogen) atoms. The molecule has 1 aliphatic carbocycles. The first-order valence-corrected chi connectivity index (χ1v) is 7.44. The van der Waals surface area contributed by atoms with Gasteiger partial charge in [0.2, 0.25) is 6.04 Å². The van der Waals surface area contributed by atoms with Crippen molar-refractivity contribution in [2.24, 2.45) is 5.92 Å². The van der Waals surface area contributed by atoms with Crippen LogP contribution in [0.5, 0.6) is 11.5 Å². The summed E-state index contributed by atoms with van der Waals surface area (Å²) in [6, 6.07) is 4.38. The van der Waals surface area contributed by atoms with E-state index in [4.69, 9.17) is 9.47 Å². The fourth-order valence-electron chi connectivity index (χ4n) is 3.03. The van der Waals surface area contributed by atoms with Crippen molar-refractivity contribution in [2.45, 2.75) is 38.1 Å². The van der Waals surface area contributed by atoms with E-state index in [1.165, 1.54) is 14.2 Å². The van der Waals surface area contributed by atoms with Crippen molar-refractivity contribution in [3.63, 3.8) is 0 Å². The molecule has 0 aliphatic heterocycles. The third-order valence-corrected chi connectivity index (χ3v) is 4.23. The van der Waals surface area contributed by atoms with Gasteiger partial charge in [-0.3, -0.25) is 14.9 Å². The number of carbonyl (C=O) groups is 1. The lowest BCUT2D eigenvalue weighted by molar-refractivity contribution is -0.529. The van der Waals surface area contributed by atoms with E-state index in [9.17, 15) is 14.9 Å². The Bertz CT molecular complexity index is 557. The van der Waals surface area contributed by atoms with Crippen LogP contribution in [-0.4, -0.2) is 31.0 Å². The summed E-state index contributed by atoms with van der Waals surface area (Å²) in [6.45, 7) is 0. The summed E-state index contributed by atoms with van der Waals surface area (Å²) in [5.74, 6) is 0.667. The maximum atomic E-state index is 12.0. The molecule has 1 saturated carbocycles. The van der Waals surface area contributed by atoms with Gasteiger partial charge in [0.1, 0.15) is 5.78 Å². The lowest BCUT2D eigenvalue weighted by Gasteiger charge is -2.23. The number of rotatable bonds is 6. The third kappa shape index (κ3) is 3.55. The normalized spacial score (nSPS) is 19.5. The smallest absolute Gasteiger partial charge is 0.226 e. The standard InChI is InChI=1S/C16H21NO5/c1-21-15-8-7-11(10-16(15)22-2)9-13(17(19)20)12-5-3-4-6-14(12)18/h7-8,10,12-13H,3-6,9H2,1-2H3. The van der Waals surface area contributed by atoms with Gasteiger partial charge in [0.15, 0.2) is 11.5 Å². The zero-order valence-corrected chi connectivity index (χ0v) is 12.9. The number of nitrogens with zero attached hydrogens (tertiary/aromatic N) is 1. The molecular formula is C16H21NO5. The number of Topliss-reactive ketones (excluding diaryl/α,β-unsaturated/α-hetero) is 1. The van der Waals surface area contributed by atoms with Crippen LogP contribution >= 0.6 is 0 Å². The first kappa shape index (κ1) is 16.3. The van der Waals surface area contributed by atoms with E-state index >= 15 is 0 Å². The van der Waals surface area contributed by atoms with Gasteiger partial charge in [0.05, 0.1) is 20.1 Å². The van der Waals surface area contributed by atoms with Gasteiger partial charge in [0, 0.05) is 17.8 Å². The fourth-order valence-corrected chi connectivity index (χ4v) is 3.03. The highest BCUT2D eigenvalue weighted by Crippen LogP contribution is 2.31. The number of carbonyl (C=O) groups excluding carboxylic acids is 1. The van der Waals surface area contributed by atoms with Crippen molar-refractivity contribution in [3.8, 4) is 11.5 Å². The van der Waals surface area contributed by atoms with E-state index in [2.05, 4.69) is 0 Å². The number of ether oxygens (including phenoxy) is 2. The van der Waals surface area contributed by atoms with Crippen molar-refractivity contribution in [3.05, 3.63) is 33.9 Å². The Morgan fingerprint density at radius 2 is 2.00 bits per heavy atom. The van der Waals surface area contributed by atoms with Gasteiger partial charge in [-0.05, 0) is 30.5 Å². The van der Waals surface area contributed by atoms with Crippen LogP contribution in [0, 0.1) is 16.0 Å². The van der Waals surface area contributed by atoms with Gasteiger partial charge in [-0.1, -0.05) is 12.5 Å². The molecule has 1 aliphatic rings. The predicted octanol–water partition coefficient (Wildman–Crippen LogP) is 2.65. The Hall–Kier alpha value is -2.11. The van der Waals surface area contributed by atoms with Crippen LogP contribution in [0.15, 0.2) is 18.2 Å². The second-order valence-electron chi connectivity index (χ2n) is 5.56. The van der Waals surface area contributed by atoms with Gasteiger partial charge in [-0.2, -0.15) is 0 Å². The predicted molar refractivity (Wildman–Crippen MR) is 81.0 cm³/mol. The van der Waals surface area contributed by atoms with E-state index in [1.54, 1.807) is 18.2 Å². The molecule has 120 valence electrons. The third-order valence-electron chi connectivity index (χ3n) is 4.23. The number of methoxy groups -OCH3 is 2. The number of benzene rings is 1. The SMILES string of the molecule is COc1ccc(CC(C2CCCCC2=O)[N+](=O)[O-])cc1OC. The molecular weight excluding hydrogens is 286 g/mol. The molecule has 0 aromatic heterocycles. The molecule has 1 aromatic carbocycles. The molecule has 0 saturated heterocycles. The Balaban J connectivity index is 2.21. The van der Waals surface area contributed by atoms with Gasteiger partial charge >= 0.3 is 0 Å². The number of hydrogen-bond acceptors (Lipinski definition) is 5. The van der Waals surface area contributed by atoms with Crippen molar-refractivity contribution < 1.29 is 19.2 Å². The molecule has 6 heteroatoms. The summed E-state index contributed by atoms with van der Waals surface area (Å²) >= 11 is 0. The Kier molecular flexibility index (Phi) is 5.35. The highest BCUT2D eigenvalue weighted by Gasteiger charge is 2.38. The Morgan fingerprint density at radius 3 is 2.59 bits per heavy atom. The molecule has 2 unspecified atom stereocenters. The number of nitro groups is 1. The zero-order chi connectivity index (χ0) is 16.1. The van der Waals surface area contributed by atoms with Crippen molar-refractivity contribution >= 4 is 5.78 Å². The summed E-state index contributed by atoms with van der Waals surface area (Å²) in [6.07, 6.45) is 3.02. The minimum Gasteiger partial charge on any atom is -0.493 e. The number of ketones is 1. The van der Waals surface area contributed by atoms with E-state index in [-0.39, 0.29) is 17.1 Å². The molecule has 0 bridgehead atoms. The summed E-state index contributed by atoms with van der Waals surface area (Å²) < 4.78 is 10.4. The van der Waals surface area contributed by atoms with Crippen LogP contribution < -0.4 is 9.47 Å². The molecule has 0 N–H and O–H groups in total. The van der Waals surface area contributed by atoms with Gasteiger partial charge in [-0.25, -0.2) is 0 Å². The average Bonchev–Trinajstić information content (AvgIpc) is 2.53. The minimum atomic E-state index is -0.870. The summed E-state index contributed by atoms with van der Waals surface area (Å²) in [5, 5.41) is 11.4. The molecule has 0 spiro atoms. The quantitative estimate of drug-likeness (QED) is 0.596. The molecule has 6 nitrogen and oxygen atoms in total. The van der Waals surface area contributed by atoms with E-state index in [0.29, 0.717) is 24.3 Å². The lowest BCUT2D eigenvalue weighted by atomic mass is 9.81. The Morgan fingerprint density at radius 1 is 1.27 bits per heavy atom. The molecule has 0 heterocycles. The molecule has 1 fully saturated rings. The molecule has 2 atom stereocenters. The van der Waals surface area contributed by atoms with E-state index in [1.807, 2.05) is 0 Å². The maximum Gasteiger partial charge on any atom is 0.226 e. The lowest BCUT2D eigenvalue weighted by Crippen LogP contribution is -2.38. The van der Waals surface area contributed by atoms with Gasteiger partial charge < -0.3 is 9.47 Å². The largest absolute Gasteiger partial charge is 0.493 e. The summed E-state index contributed by atoms with van der Waals surface area (Å²) in [7, 11) is 3.06. The summed E-state index contributed by atoms with van der Waals surface area (Å²) in [5.41, 5.74) is 0.776. The molecule has 0 amide bonds. The van der Waals surface area contributed by atoms with Crippen LogP contribution in [0.25, 0.3) is 0 Å². The zero-order valence-electron chi connectivity index (χ0n) is 12.9. The Labute approximate surface area is 129 Å². The van der Waals surface area contributed by atoms with E-state index < -0.39 is 12.0 Å². The average molecular weight is 307 g/mol. The van der Waals surface area contributed by atoms with E-state index in [0.717, 1.165) is 18.4 Å². The van der Waals surface area contributed by atoms with Crippen molar-refractivity contribution in [2.75, 3.05) is 14.2 Å². The molecule has 0 radical (unpaired) electrons. The number of hydrogen-bond donors (Lipinski definition) is 0. The maximum absolute atomic E-state index is 12.0. The second kappa shape index (κ2) is 7.24. The second-order valence-corrected chi connectivity index (χ2v) is 5.56. The highest BCUT2D eigenvalue weighted by atomic mass is 16.6. The van der Waals surface area contributed by atoms with Crippen molar-refractivity contribution in [1.29, 1.82) is 0 Å². The molecule has 2 rings (SSSR count).